The summed E-state index contributed by atoms with van der Waals surface area (Å²) in [5.41, 5.74) is -4.51. The number of halogens is 3. The fourth-order valence-electron chi connectivity index (χ4n) is 2.11. The van der Waals surface area contributed by atoms with E-state index in [-0.39, 0.29) is 20.1 Å². The molecule has 0 unspecified atom stereocenters. The fraction of sp³-hybridized carbons (Fsp3) is 0.417. The molecule has 193 valence electrons. The smallest absolute Gasteiger partial charge is 3.00 e. The predicted octanol–water partition coefficient (Wildman–Crippen LogP) is 6.76. The third-order valence-electron chi connectivity index (χ3n) is 4.18. The van der Waals surface area contributed by atoms with Crippen molar-refractivity contribution in [1.82, 2.24) is 0 Å². The summed E-state index contributed by atoms with van der Waals surface area (Å²) >= 11 is 0. The van der Waals surface area contributed by atoms with E-state index in [0.717, 1.165) is 5.56 Å². The molecule has 1 aromatic rings. The number of alkyl halides is 3. The third kappa shape index (κ3) is 18.8. The first-order valence-electron chi connectivity index (χ1n) is 9.59. The van der Waals surface area contributed by atoms with Crippen molar-refractivity contribution in [3.05, 3.63) is 84.3 Å². The molecule has 1 aliphatic rings. The molecule has 0 bridgehead atoms. The predicted molar refractivity (Wildman–Crippen MR) is 128 cm³/mol. The van der Waals surface area contributed by atoms with Crippen molar-refractivity contribution in [2.75, 3.05) is 20.0 Å². The number of hydrogen-bond acceptors (Lipinski definition) is 3. The molecule has 4 nitrogen and oxygen atoms in total. The molecule has 1 saturated carbocycles. The van der Waals surface area contributed by atoms with Crippen LogP contribution in [-0.4, -0.2) is 38.5 Å². The molecular weight excluding hydrogens is 665 g/mol. The summed E-state index contributed by atoms with van der Waals surface area (Å²) in [5.74, 6) is 7.34. The van der Waals surface area contributed by atoms with Crippen LogP contribution in [0.2, 0.25) is 0 Å². The minimum Gasteiger partial charge on any atom is 3.00 e. The summed E-state index contributed by atoms with van der Waals surface area (Å²) in [6, 6.07) is 10.1. The van der Waals surface area contributed by atoms with Crippen molar-refractivity contribution in [2.45, 2.75) is 47.1 Å². The van der Waals surface area contributed by atoms with Crippen molar-refractivity contribution in [1.29, 1.82) is 0 Å². The second-order valence-electron chi connectivity index (χ2n) is 7.17. The van der Waals surface area contributed by atoms with Crippen LogP contribution in [0.15, 0.2) is 36.4 Å². The maximum Gasteiger partial charge on any atom is 3.00 e. The van der Waals surface area contributed by atoms with Gasteiger partial charge in [-0.05, 0) is 49.6 Å². The van der Waals surface area contributed by atoms with E-state index < -0.39 is 15.6 Å². The molecule has 5 radical (unpaired) electrons. The van der Waals surface area contributed by atoms with Gasteiger partial charge in [0.2, 0.25) is 0 Å². The second kappa shape index (κ2) is 20.6. The summed E-state index contributed by atoms with van der Waals surface area (Å²) in [4.78, 5) is 0. The molecule has 1 aliphatic carbocycles. The summed E-state index contributed by atoms with van der Waals surface area (Å²) < 4.78 is 66.4. The van der Waals surface area contributed by atoms with Crippen LogP contribution in [0.3, 0.4) is 0 Å². The van der Waals surface area contributed by atoms with Crippen LogP contribution in [0.4, 0.5) is 13.2 Å². The zero-order valence-electron chi connectivity index (χ0n) is 20.9. The topological polar surface area (TPSA) is 77.1 Å². The van der Waals surface area contributed by atoms with Crippen molar-refractivity contribution in [2.24, 2.45) is 0 Å². The quantitative estimate of drug-likeness (QED) is 0.107. The van der Waals surface area contributed by atoms with Gasteiger partial charge in [-0.3, -0.25) is 0 Å². The molecular formula is C24H33F3IrO4PS+. The molecule has 0 spiro atoms. The zero-order chi connectivity index (χ0) is 27.0. The fourth-order valence-corrected chi connectivity index (χ4v) is 2.11. The summed E-state index contributed by atoms with van der Waals surface area (Å²) in [7, 11) is -5.71. The van der Waals surface area contributed by atoms with E-state index in [1.165, 1.54) is 29.6 Å². The molecule has 1 aromatic carbocycles. The Hall–Kier alpha value is -0.521. The Labute approximate surface area is 219 Å². The molecule has 0 saturated heterocycles. The largest absolute Gasteiger partial charge is 3.00 e. The van der Waals surface area contributed by atoms with E-state index in [2.05, 4.69) is 67.3 Å². The first-order chi connectivity index (χ1) is 15.0. The Morgan fingerprint density at radius 2 is 1.12 bits per heavy atom. The normalized spacial score (nSPS) is 15.5. The van der Waals surface area contributed by atoms with Gasteiger partial charge in [0.1, 0.15) is 0 Å². The van der Waals surface area contributed by atoms with Gasteiger partial charge in [-0.25, -0.2) is 8.42 Å². The molecule has 0 atom stereocenters. The summed E-state index contributed by atoms with van der Waals surface area (Å²) in [5, 5.41) is 0. The van der Waals surface area contributed by atoms with E-state index in [4.69, 9.17) is 17.6 Å². The molecule has 1 fully saturated rings. The average molecular weight is 698 g/mol. The van der Waals surface area contributed by atoms with Gasteiger partial charge in [0.25, 0.3) is 0 Å². The van der Waals surface area contributed by atoms with Crippen LogP contribution in [0, 0.1) is 42.3 Å². The van der Waals surface area contributed by atoms with E-state index in [0.29, 0.717) is 7.92 Å². The van der Waals surface area contributed by atoms with Gasteiger partial charge < -0.3 is 4.55 Å². The molecule has 2 rings (SSSR count). The molecule has 0 aliphatic heterocycles. The van der Waals surface area contributed by atoms with Gasteiger partial charge >= 0.3 is 36.9 Å². The minimum absolute atomic E-state index is 0. The molecule has 10 heteroatoms. The Balaban J connectivity index is -0.000000177. The molecule has 0 N–H and O–H groups in total. The number of benzene rings is 1. The number of allylic oxidation sites excluding steroid dienone is 1. The Kier molecular flexibility index (Phi) is 24.7. The molecule has 0 aromatic heterocycles. The zero-order valence-corrected chi connectivity index (χ0v) is 25.0. The Morgan fingerprint density at radius 3 is 1.29 bits per heavy atom. The van der Waals surface area contributed by atoms with Crippen LogP contribution >= 0.6 is 7.92 Å². The van der Waals surface area contributed by atoms with E-state index in [1.54, 1.807) is 0 Å². The van der Waals surface area contributed by atoms with Gasteiger partial charge in [-0.1, -0.05) is 47.6 Å². The first kappa shape index (κ1) is 40.6. The number of hydrogen-bond donors (Lipinski definition) is 0. The van der Waals surface area contributed by atoms with Crippen LogP contribution in [0.25, 0.3) is 0 Å². The SMILES string of the molecule is CC=[C-]c1ccccc1.CP(C)C.C[C]1[C](C)[C](C)[C](C)[C]1C.O=S(=O)([O-])C(F)(F)F.[C-]#[O+].[Ir+3]. The van der Waals surface area contributed by atoms with E-state index >= 15 is 0 Å². The van der Waals surface area contributed by atoms with Crippen molar-refractivity contribution < 1.29 is 50.9 Å². The first-order valence-corrected chi connectivity index (χ1v) is 13.7. The number of rotatable bonds is 1. The molecule has 0 amide bonds. The third-order valence-corrected chi connectivity index (χ3v) is 4.75. The van der Waals surface area contributed by atoms with E-state index in [9.17, 15) is 13.2 Å². The van der Waals surface area contributed by atoms with Gasteiger partial charge in [-0.2, -0.15) is 36.9 Å². The van der Waals surface area contributed by atoms with Gasteiger partial charge in [0.15, 0.2) is 10.1 Å². The Bertz CT molecular complexity index is 722. The van der Waals surface area contributed by atoms with Crippen molar-refractivity contribution in [3.8, 4) is 0 Å². The van der Waals surface area contributed by atoms with Crippen molar-refractivity contribution in [3.63, 3.8) is 0 Å². The molecule has 34 heavy (non-hydrogen) atoms. The van der Waals surface area contributed by atoms with Gasteiger partial charge in [0, 0.05) is 0 Å². The molecule has 0 heterocycles. The summed E-state index contributed by atoms with van der Waals surface area (Å²) in [6.07, 6.45) is 4.99. The van der Waals surface area contributed by atoms with Crippen LogP contribution < -0.4 is 0 Å². The maximum absolute atomic E-state index is 10.7. The monoisotopic (exact) mass is 698 g/mol. The van der Waals surface area contributed by atoms with Gasteiger partial charge in [-0.15, -0.1) is 26.1 Å². The van der Waals surface area contributed by atoms with Gasteiger partial charge in [0.05, 0.1) is 0 Å². The maximum atomic E-state index is 10.7. The summed E-state index contributed by atoms with van der Waals surface area (Å²) in [6.45, 7) is 24.2. The Morgan fingerprint density at radius 1 is 0.882 bits per heavy atom. The van der Waals surface area contributed by atoms with Crippen LogP contribution in [0.1, 0.15) is 47.1 Å². The standard InChI is InChI=1S/C10H15.C9H9.C3H9P.CHF3O3S.CO.Ir/c1-6-7(2)9(4)10(5)8(6)3;1-2-6-9-7-4-3-5-8-9;1-4(2)3;2-1(3,4)8(5,6)7;1-2;/h1-5H3;2-5,7-8H,1H3;1-3H3;(H,5,6,7);;/q;-1;;;;+3/p-1. The van der Waals surface area contributed by atoms with E-state index in [1.807, 2.05) is 43.3 Å². The average Bonchev–Trinajstić information content (AvgIpc) is 2.87. The second-order valence-corrected chi connectivity index (χ2v) is 11.2. The van der Waals surface area contributed by atoms with Crippen molar-refractivity contribution >= 4 is 18.0 Å². The van der Waals surface area contributed by atoms with Crippen LogP contribution in [-0.2, 0) is 34.9 Å². The minimum atomic E-state index is -6.09. The van der Waals surface area contributed by atoms with Crippen LogP contribution in [0.5, 0.6) is 0 Å².